The molecule has 0 aliphatic carbocycles. The van der Waals surface area contributed by atoms with Crippen molar-refractivity contribution >= 4 is 29.1 Å². The van der Waals surface area contributed by atoms with E-state index >= 15 is 0 Å². The number of alkyl halides is 3. The molecule has 1 fully saturated rings. The van der Waals surface area contributed by atoms with Gasteiger partial charge in [0.2, 0.25) is 5.91 Å². The number of carbonyl (C=O) groups is 2. The molecule has 0 atom stereocenters. The number of nitrogens with one attached hydrogen (secondary N) is 1. The van der Waals surface area contributed by atoms with Gasteiger partial charge in [0, 0.05) is 35.3 Å². The molecule has 1 heterocycles. The number of amides is 2. The Morgan fingerprint density at radius 3 is 2.24 bits per heavy atom. The molecule has 2 aromatic carbocycles. The number of carbonyl (C=O) groups excluding carboxylic acids is 2. The number of aryl methyl sites for hydroxylation is 1. The average molecular weight is 425 g/mol. The molecule has 154 valence electrons. The van der Waals surface area contributed by atoms with E-state index in [-0.39, 0.29) is 23.3 Å². The van der Waals surface area contributed by atoms with Crippen LogP contribution in [0.4, 0.5) is 18.9 Å². The van der Waals surface area contributed by atoms with Gasteiger partial charge in [-0.05, 0) is 61.7 Å². The van der Waals surface area contributed by atoms with Gasteiger partial charge in [0.05, 0.1) is 5.56 Å². The normalized spacial score (nSPS) is 15.3. The third-order valence-electron chi connectivity index (χ3n) is 5.05. The summed E-state index contributed by atoms with van der Waals surface area (Å²) in [7, 11) is 0. The van der Waals surface area contributed by atoms with Crippen LogP contribution in [-0.2, 0) is 11.0 Å². The van der Waals surface area contributed by atoms with Crippen LogP contribution in [0.2, 0.25) is 5.02 Å². The van der Waals surface area contributed by atoms with Crippen molar-refractivity contribution in [3.63, 3.8) is 0 Å². The molecule has 0 unspecified atom stereocenters. The summed E-state index contributed by atoms with van der Waals surface area (Å²) in [4.78, 5) is 26.6. The fourth-order valence-electron chi connectivity index (χ4n) is 3.24. The maximum absolute atomic E-state index is 12.7. The Morgan fingerprint density at radius 1 is 1.07 bits per heavy atom. The fraction of sp³-hybridized carbons (Fsp3) is 0.333. The Labute approximate surface area is 171 Å². The van der Waals surface area contributed by atoms with Crippen molar-refractivity contribution in [1.29, 1.82) is 0 Å². The molecule has 0 bridgehead atoms. The first-order valence-corrected chi connectivity index (χ1v) is 9.56. The molecule has 3 rings (SSSR count). The largest absolute Gasteiger partial charge is 0.416 e. The lowest BCUT2D eigenvalue weighted by atomic mass is 9.95. The van der Waals surface area contributed by atoms with E-state index < -0.39 is 11.7 Å². The number of hydrogen-bond donors (Lipinski definition) is 1. The van der Waals surface area contributed by atoms with Gasteiger partial charge >= 0.3 is 6.18 Å². The van der Waals surface area contributed by atoms with Gasteiger partial charge in [-0.2, -0.15) is 13.2 Å². The maximum atomic E-state index is 12.7. The highest BCUT2D eigenvalue weighted by atomic mass is 35.5. The molecular weight excluding hydrogens is 405 g/mol. The molecule has 2 amide bonds. The molecule has 1 saturated heterocycles. The van der Waals surface area contributed by atoms with Gasteiger partial charge in [-0.3, -0.25) is 9.59 Å². The Kier molecular flexibility index (Phi) is 6.17. The van der Waals surface area contributed by atoms with E-state index in [1.807, 2.05) is 13.0 Å². The van der Waals surface area contributed by atoms with Crippen LogP contribution in [0.1, 0.15) is 34.3 Å². The summed E-state index contributed by atoms with van der Waals surface area (Å²) >= 11 is 6.07. The molecule has 2 aromatic rings. The summed E-state index contributed by atoms with van der Waals surface area (Å²) in [6.07, 6.45) is -3.47. The Hall–Kier alpha value is -2.54. The zero-order valence-corrected chi connectivity index (χ0v) is 16.5. The van der Waals surface area contributed by atoms with Gasteiger partial charge in [-0.15, -0.1) is 0 Å². The molecule has 4 nitrogen and oxygen atoms in total. The second-order valence-corrected chi connectivity index (χ2v) is 7.50. The van der Waals surface area contributed by atoms with Crippen LogP contribution in [0.5, 0.6) is 0 Å². The third-order valence-corrected chi connectivity index (χ3v) is 5.46. The van der Waals surface area contributed by atoms with Crippen LogP contribution in [0.15, 0.2) is 42.5 Å². The molecular formula is C21H20ClF3N2O2. The molecule has 0 saturated carbocycles. The van der Waals surface area contributed by atoms with Gasteiger partial charge in [0.1, 0.15) is 0 Å². The number of hydrogen-bond acceptors (Lipinski definition) is 2. The van der Waals surface area contributed by atoms with Gasteiger partial charge < -0.3 is 10.2 Å². The Bertz CT molecular complexity index is 905. The lowest BCUT2D eigenvalue weighted by molar-refractivity contribution is -0.137. The molecule has 0 radical (unpaired) electrons. The minimum Gasteiger partial charge on any atom is -0.339 e. The number of anilines is 1. The highest BCUT2D eigenvalue weighted by molar-refractivity contribution is 6.31. The molecule has 8 heteroatoms. The maximum Gasteiger partial charge on any atom is 0.416 e. The Balaban J connectivity index is 1.56. The van der Waals surface area contributed by atoms with E-state index in [9.17, 15) is 22.8 Å². The summed E-state index contributed by atoms with van der Waals surface area (Å²) in [5, 5.41) is 3.41. The number of piperidine rings is 1. The van der Waals surface area contributed by atoms with Crippen molar-refractivity contribution in [2.75, 3.05) is 18.4 Å². The second-order valence-electron chi connectivity index (χ2n) is 7.09. The monoisotopic (exact) mass is 424 g/mol. The predicted octanol–water partition coefficient (Wildman–Crippen LogP) is 5.16. The first kappa shape index (κ1) is 21.2. The topological polar surface area (TPSA) is 49.4 Å². The molecule has 1 N–H and O–H groups in total. The zero-order valence-electron chi connectivity index (χ0n) is 15.7. The van der Waals surface area contributed by atoms with Crippen molar-refractivity contribution in [2.24, 2.45) is 5.92 Å². The highest BCUT2D eigenvalue weighted by Gasteiger charge is 2.31. The van der Waals surface area contributed by atoms with Crippen LogP contribution >= 0.6 is 11.6 Å². The van der Waals surface area contributed by atoms with Crippen molar-refractivity contribution in [2.45, 2.75) is 25.9 Å². The number of halogens is 4. The Morgan fingerprint density at radius 2 is 1.69 bits per heavy atom. The number of benzene rings is 2. The van der Waals surface area contributed by atoms with Crippen LogP contribution in [0.3, 0.4) is 0 Å². The van der Waals surface area contributed by atoms with Crippen molar-refractivity contribution in [3.05, 3.63) is 64.2 Å². The highest BCUT2D eigenvalue weighted by Crippen LogP contribution is 2.29. The molecule has 0 spiro atoms. The SMILES string of the molecule is Cc1ccc(NC(=O)C2CCN(C(=O)c3ccc(C(F)(F)F)cc3)CC2)cc1Cl. The molecule has 0 aromatic heterocycles. The van der Waals surface area contributed by atoms with Gasteiger partial charge in [0.25, 0.3) is 5.91 Å². The van der Waals surface area contributed by atoms with Crippen LogP contribution < -0.4 is 5.32 Å². The fourth-order valence-corrected chi connectivity index (χ4v) is 3.42. The quantitative estimate of drug-likeness (QED) is 0.740. The van der Waals surface area contributed by atoms with E-state index in [1.165, 1.54) is 12.1 Å². The lowest BCUT2D eigenvalue weighted by Gasteiger charge is -2.31. The summed E-state index contributed by atoms with van der Waals surface area (Å²) < 4.78 is 38.0. The van der Waals surface area contributed by atoms with Crippen molar-refractivity contribution in [1.82, 2.24) is 4.90 Å². The first-order chi connectivity index (χ1) is 13.6. The zero-order chi connectivity index (χ0) is 21.2. The van der Waals surface area contributed by atoms with Crippen LogP contribution in [0, 0.1) is 12.8 Å². The van der Waals surface area contributed by atoms with Gasteiger partial charge in [0.15, 0.2) is 0 Å². The van der Waals surface area contributed by atoms with E-state index in [4.69, 9.17) is 11.6 Å². The number of rotatable bonds is 3. The molecule has 1 aliphatic rings. The summed E-state index contributed by atoms with van der Waals surface area (Å²) in [6.45, 7) is 2.61. The summed E-state index contributed by atoms with van der Waals surface area (Å²) in [6, 6.07) is 9.47. The van der Waals surface area contributed by atoms with Crippen molar-refractivity contribution < 1.29 is 22.8 Å². The van der Waals surface area contributed by atoms with E-state index in [0.29, 0.717) is 36.6 Å². The number of nitrogens with zero attached hydrogens (tertiary/aromatic N) is 1. The summed E-state index contributed by atoms with van der Waals surface area (Å²) in [5.41, 5.74) is 0.949. The minimum atomic E-state index is -4.44. The van der Waals surface area contributed by atoms with E-state index in [1.54, 1.807) is 17.0 Å². The standard InChI is InChI=1S/C21H20ClF3N2O2/c1-13-2-7-17(12-18(13)22)26-19(28)14-8-10-27(11-9-14)20(29)15-3-5-16(6-4-15)21(23,24)25/h2-7,12,14H,8-11H2,1H3,(H,26,28). The van der Waals surface area contributed by atoms with E-state index in [2.05, 4.69) is 5.32 Å². The van der Waals surface area contributed by atoms with Gasteiger partial charge in [-0.25, -0.2) is 0 Å². The molecule has 29 heavy (non-hydrogen) atoms. The first-order valence-electron chi connectivity index (χ1n) is 9.18. The second kappa shape index (κ2) is 8.45. The average Bonchev–Trinajstić information content (AvgIpc) is 2.70. The smallest absolute Gasteiger partial charge is 0.339 e. The molecule has 1 aliphatic heterocycles. The third kappa shape index (κ3) is 5.09. The van der Waals surface area contributed by atoms with Crippen LogP contribution in [-0.4, -0.2) is 29.8 Å². The van der Waals surface area contributed by atoms with Crippen LogP contribution in [0.25, 0.3) is 0 Å². The predicted molar refractivity (Wildman–Crippen MR) is 105 cm³/mol. The summed E-state index contributed by atoms with van der Waals surface area (Å²) in [5.74, 6) is -0.707. The van der Waals surface area contributed by atoms with Gasteiger partial charge in [-0.1, -0.05) is 17.7 Å². The van der Waals surface area contributed by atoms with Crippen molar-refractivity contribution in [3.8, 4) is 0 Å². The lowest BCUT2D eigenvalue weighted by Crippen LogP contribution is -2.41. The number of likely N-dealkylation sites (tertiary alicyclic amines) is 1. The minimum absolute atomic E-state index is 0.133. The van der Waals surface area contributed by atoms with E-state index in [0.717, 1.165) is 17.7 Å².